The third kappa shape index (κ3) is 6.12. The fourth-order valence-corrected chi connectivity index (χ4v) is 6.25. The zero-order chi connectivity index (χ0) is 28.2. The van der Waals surface area contributed by atoms with Crippen molar-refractivity contribution in [3.8, 4) is 0 Å². The van der Waals surface area contributed by atoms with Crippen LogP contribution in [0.2, 0.25) is 0 Å². The van der Waals surface area contributed by atoms with Crippen LogP contribution in [0.25, 0.3) is 21.5 Å². The molecule has 7 heteroatoms. The lowest BCUT2D eigenvalue weighted by Gasteiger charge is -2.25. The molecule has 1 aliphatic rings. The van der Waals surface area contributed by atoms with Gasteiger partial charge in [-0.25, -0.2) is 9.59 Å². The molecule has 206 valence electrons. The summed E-state index contributed by atoms with van der Waals surface area (Å²) >= 11 is 1.17. The number of aliphatic hydroxyl groups excluding tert-OH is 1. The summed E-state index contributed by atoms with van der Waals surface area (Å²) in [6.45, 7) is 0.172. The minimum Gasteiger partial charge on any atom is -0.461 e. The quantitative estimate of drug-likeness (QED) is 0.219. The lowest BCUT2D eigenvalue weighted by Crippen LogP contribution is -2.40. The maximum atomic E-state index is 13.3. The molecule has 0 aromatic heterocycles. The topological polar surface area (TPSA) is 82.1 Å². The van der Waals surface area contributed by atoms with Crippen molar-refractivity contribution in [2.24, 2.45) is 0 Å². The number of aliphatic hydroxyl groups is 1. The van der Waals surface area contributed by atoms with Gasteiger partial charge in [-0.2, -0.15) is 0 Å². The summed E-state index contributed by atoms with van der Waals surface area (Å²) in [6, 6.07) is 35.9. The number of hydrogen-bond acceptors (Lipinski definition) is 7. The minimum absolute atomic E-state index is 0.0613. The van der Waals surface area contributed by atoms with Gasteiger partial charge in [-0.1, -0.05) is 91.0 Å². The normalized spacial score (nSPS) is 20.2. The number of esters is 2. The second-order valence-electron chi connectivity index (χ2n) is 9.92. The van der Waals surface area contributed by atoms with E-state index in [0.29, 0.717) is 11.1 Å². The maximum Gasteiger partial charge on any atom is 0.338 e. The van der Waals surface area contributed by atoms with Gasteiger partial charge in [-0.3, -0.25) is 0 Å². The largest absolute Gasteiger partial charge is 0.461 e. The predicted octanol–water partition coefficient (Wildman–Crippen LogP) is 6.39. The van der Waals surface area contributed by atoms with Gasteiger partial charge in [-0.15, -0.1) is 11.8 Å². The summed E-state index contributed by atoms with van der Waals surface area (Å²) in [7, 11) is 0. The van der Waals surface area contributed by atoms with Gasteiger partial charge < -0.3 is 19.3 Å². The van der Waals surface area contributed by atoms with Crippen LogP contribution in [0.4, 0.5) is 0 Å². The Balaban J connectivity index is 1.20. The first-order valence-electron chi connectivity index (χ1n) is 13.4. The third-order valence-corrected chi connectivity index (χ3v) is 8.46. The highest BCUT2D eigenvalue weighted by Crippen LogP contribution is 2.38. The van der Waals surface area contributed by atoms with Gasteiger partial charge in [-0.05, 0) is 51.4 Å². The molecule has 5 aromatic rings. The van der Waals surface area contributed by atoms with Crippen LogP contribution in [0.1, 0.15) is 26.3 Å². The molecule has 0 amide bonds. The van der Waals surface area contributed by atoms with Crippen molar-refractivity contribution in [3.05, 3.63) is 132 Å². The molecule has 1 unspecified atom stereocenters. The van der Waals surface area contributed by atoms with E-state index in [9.17, 15) is 14.7 Å². The van der Waals surface area contributed by atoms with Crippen molar-refractivity contribution < 1.29 is 28.9 Å². The number of carbonyl (C=O) groups is 2. The molecule has 1 fully saturated rings. The Morgan fingerprint density at radius 3 is 1.85 bits per heavy atom. The van der Waals surface area contributed by atoms with E-state index in [-0.39, 0.29) is 13.2 Å². The van der Waals surface area contributed by atoms with E-state index >= 15 is 0 Å². The van der Waals surface area contributed by atoms with Crippen molar-refractivity contribution in [2.75, 3.05) is 6.61 Å². The molecule has 0 spiro atoms. The van der Waals surface area contributed by atoms with E-state index < -0.39 is 34.8 Å². The molecule has 0 bridgehead atoms. The van der Waals surface area contributed by atoms with E-state index in [2.05, 4.69) is 0 Å². The monoisotopic (exact) mass is 564 g/mol. The second kappa shape index (κ2) is 12.1. The fourth-order valence-electron chi connectivity index (χ4n) is 4.99. The maximum absolute atomic E-state index is 13.3. The summed E-state index contributed by atoms with van der Waals surface area (Å²) in [4.78, 5) is 26.3. The van der Waals surface area contributed by atoms with Crippen LogP contribution in [-0.2, 0) is 20.8 Å². The number of ether oxygens (including phenoxy) is 3. The molecule has 5 aromatic carbocycles. The number of fused-ring (bicyclic) bond motifs is 2. The molecule has 6 rings (SSSR count). The number of rotatable bonds is 8. The van der Waals surface area contributed by atoms with Crippen molar-refractivity contribution in [1.82, 2.24) is 0 Å². The van der Waals surface area contributed by atoms with Crippen molar-refractivity contribution in [2.45, 2.75) is 29.5 Å². The van der Waals surface area contributed by atoms with Crippen molar-refractivity contribution >= 4 is 45.2 Å². The van der Waals surface area contributed by atoms with Crippen LogP contribution < -0.4 is 0 Å². The average molecular weight is 565 g/mol. The smallest absolute Gasteiger partial charge is 0.338 e. The van der Waals surface area contributed by atoms with Gasteiger partial charge in [0.2, 0.25) is 0 Å². The van der Waals surface area contributed by atoms with Crippen molar-refractivity contribution in [1.29, 1.82) is 0 Å². The Hall–Kier alpha value is -4.17. The van der Waals surface area contributed by atoms with E-state index in [1.54, 1.807) is 24.3 Å². The van der Waals surface area contributed by atoms with E-state index in [0.717, 1.165) is 27.1 Å². The molecule has 0 aliphatic carbocycles. The number of hydrogen-bond donors (Lipinski definition) is 1. The zero-order valence-electron chi connectivity index (χ0n) is 22.1. The van der Waals surface area contributed by atoms with Crippen LogP contribution in [0, 0.1) is 0 Å². The van der Waals surface area contributed by atoms with Crippen LogP contribution in [0.15, 0.2) is 115 Å². The van der Waals surface area contributed by atoms with Gasteiger partial charge in [0.1, 0.15) is 24.3 Å². The molecule has 1 heterocycles. The van der Waals surface area contributed by atoms with Crippen LogP contribution in [-0.4, -0.2) is 46.5 Å². The molecule has 4 atom stereocenters. The number of carbonyl (C=O) groups excluding carboxylic acids is 2. The second-order valence-corrected chi connectivity index (χ2v) is 11.3. The zero-order valence-corrected chi connectivity index (χ0v) is 22.9. The third-order valence-electron chi connectivity index (χ3n) is 7.16. The highest BCUT2D eigenvalue weighted by Gasteiger charge is 2.47. The predicted molar refractivity (Wildman–Crippen MR) is 160 cm³/mol. The van der Waals surface area contributed by atoms with E-state index in [1.165, 1.54) is 11.8 Å². The lowest BCUT2D eigenvalue weighted by molar-refractivity contribution is -0.0821. The van der Waals surface area contributed by atoms with E-state index in [1.807, 2.05) is 91.0 Å². The Labute approximate surface area is 241 Å². The van der Waals surface area contributed by atoms with Crippen LogP contribution in [0.3, 0.4) is 0 Å². The Kier molecular flexibility index (Phi) is 8.00. The molecular weight excluding hydrogens is 536 g/mol. The summed E-state index contributed by atoms with van der Waals surface area (Å²) < 4.78 is 17.8. The highest BCUT2D eigenvalue weighted by atomic mass is 32.2. The van der Waals surface area contributed by atoms with Crippen LogP contribution >= 0.6 is 11.8 Å². The number of thioether (sulfide) groups is 1. The summed E-state index contributed by atoms with van der Waals surface area (Å²) in [5.74, 6) is -1.02. The first-order chi connectivity index (χ1) is 20.0. The highest BCUT2D eigenvalue weighted by molar-refractivity contribution is 8.00. The molecule has 1 N–H and O–H groups in total. The standard InChI is InChI=1S/C34H28O6S/c35-32(27-16-14-23-10-4-6-12-25(23)18-27)39-21-29-30(31(34(37)41-29)38-20-22-8-2-1-3-9-22)40-33(36)28-17-15-24-11-5-7-13-26(24)19-28/h1-19,29-31,34,37H,20-21H2/t29-,30+,31+,34?/m1/s1. The van der Waals surface area contributed by atoms with E-state index in [4.69, 9.17) is 14.2 Å². The first kappa shape index (κ1) is 27.0. The molecule has 0 saturated carbocycles. The first-order valence-corrected chi connectivity index (χ1v) is 14.3. The molecule has 41 heavy (non-hydrogen) atoms. The van der Waals surface area contributed by atoms with Gasteiger partial charge >= 0.3 is 11.9 Å². The average Bonchev–Trinajstić information content (AvgIpc) is 3.31. The molecule has 6 nitrogen and oxygen atoms in total. The summed E-state index contributed by atoms with van der Waals surface area (Å²) in [5.41, 5.74) is 0.769. The summed E-state index contributed by atoms with van der Waals surface area (Å²) in [5, 5.41) is 14.3. The van der Waals surface area contributed by atoms with Gasteiger partial charge in [0.05, 0.1) is 23.0 Å². The van der Waals surface area contributed by atoms with Gasteiger partial charge in [0.25, 0.3) is 0 Å². The van der Waals surface area contributed by atoms with Gasteiger partial charge in [0, 0.05) is 0 Å². The Bertz CT molecular complexity index is 1690. The van der Waals surface area contributed by atoms with Gasteiger partial charge in [0.15, 0.2) is 0 Å². The Morgan fingerprint density at radius 2 is 1.22 bits per heavy atom. The Morgan fingerprint density at radius 1 is 0.659 bits per heavy atom. The number of benzene rings is 5. The van der Waals surface area contributed by atoms with Crippen molar-refractivity contribution in [3.63, 3.8) is 0 Å². The molecular formula is C34H28O6S. The molecule has 1 saturated heterocycles. The molecule has 1 aliphatic heterocycles. The SMILES string of the molecule is O=C(OC[C@H]1SC(O)[C@@H](OCc2ccccc2)[C@H]1OC(=O)c1ccc2ccccc2c1)c1ccc2ccccc2c1. The fraction of sp³-hybridized carbons (Fsp3) is 0.176. The minimum atomic E-state index is -0.975. The lowest BCUT2D eigenvalue weighted by atomic mass is 10.1. The molecule has 0 radical (unpaired) electrons. The van der Waals surface area contributed by atoms with Crippen LogP contribution in [0.5, 0.6) is 0 Å². The summed E-state index contributed by atoms with van der Waals surface area (Å²) in [6.07, 6.45) is -1.66.